The van der Waals surface area contributed by atoms with Gasteiger partial charge in [0.1, 0.15) is 6.54 Å². The van der Waals surface area contributed by atoms with Crippen LogP contribution in [0.2, 0.25) is 5.02 Å². The maximum atomic E-state index is 12.0. The van der Waals surface area contributed by atoms with E-state index in [1.807, 2.05) is 19.1 Å². The smallest absolute Gasteiger partial charge is 0.325 e. The Balaban J connectivity index is 2.62. The molecule has 0 spiro atoms. The van der Waals surface area contributed by atoms with Crippen LogP contribution in [0.3, 0.4) is 0 Å². The monoisotopic (exact) mass is 295 g/mol. The first kappa shape index (κ1) is 16.2. The van der Waals surface area contributed by atoms with Crippen molar-refractivity contribution in [1.29, 1.82) is 0 Å². The van der Waals surface area contributed by atoms with Gasteiger partial charge in [0.15, 0.2) is 0 Å². The minimum absolute atomic E-state index is 0.0336. The second kappa shape index (κ2) is 8.38. The van der Waals surface area contributed by atoms with Crippen LogP contribution in [0.4, 0.5) is 0 Å². The number of amides is 1. The minimum Gasteiger partial charge on any atom is -0.465 e. The summed E-state index contributed by atoms with van der Waals surface area (Å²) in [5, 5.41) is 0.644. The van der Waals surface area contributed by atoms with E-state index in [4.69, 9.17) is 16.3 Å². The molecular weight excluding hydrogens is 278 g/mol. The summed E-state index contributed by atoms with van der Waals surface area (Å²) in [4.78, 5) is 24.8. The number of benzene rings is 1. The largest absolute Gasteiger partial charge is 0.465 e. The summed E-state index contributed by atoms with van der Waals surface area (Å²) in [5.41, 5.74) is 0.870. The van der Waals surface area contributed by atoms with Gasteiger partial charge in [-0.1, -0.05) is 23.7 Å². The molecule has 1 amide bonds. The van der Waals surface area contributed by atoms with Crippen LogP contribution < -0.4 is 0 Å². The zero-order valence-corrected chi connectivity index (χ0v) is 12.4. The number of esters is 1. The Bertz CT molecular complexity index is 482. The summed E-state index contributed by atoms with van der Waals surface area (Å²) in [6, 6.07) is 7.13. The summed E-state index contributed by atoms with van der Waals surface area (Å²) in [6.07, 6.45) is 3.12. The van der Waals surface area contributed by atoms with Gasteiger partial charge in [0.25, 0.3) is 0 Å². The highest BCUT2D eigenvalue weighted by molar-refractivity contribution is 6.30. The van der Waals surface area contributed by atoms with Crippen molar-refractivity contribution >= 4 is 29.6 Å². The molecule has 1 rings (SSSR count). The number of carbonyl (C=O) groups is 2. The molecule has 0 N–H and O–H groups in total. The van der Waals surface area contributed by atoms with Crippen molar-refractivity contribution in [2.45, 2.75) is 13.8 Å². The zero-order valence-electron chi connectivity index (χ0n) is 11.6. The number of halogens is 1. The van der Waals surface area contributed by atoms with Crippen LogP contribution in [-0.2, 0) is 14.3 Å². The lowest BCUT2D eigenvalue weighted by molar-refractivity contribution is -0.147. The van der Waals surface area contributed by atoms with E-state index in [0.29, 0.717) is 18.2 Å². The maximum Gasteiger partial charge on any atom is 0.325 e. The number of likely N-dealkylation sites (N-methyl/N-ethyl adjacent to an activating group) is 1. The van der Waals surface area contributed by atoms with Gasteiger partial charge in [-0.05, 0) is 37.6 Å². The maximum absolute atomic E-state index is 12.0. The lowest BCUT2D eigenvalue weighted by atomic mass is 10.2. The van der Waals surface area contributed by atoms with E-state index in [1.54, 1.807) is 25.1 Å². The molecule has 0 heterocycles. The summed E-state index contributed by atoms with van der Waals surface area (Å²) >= 11 is 5.78. The Hall–Kier alpha value is -1.81. The van der Waals surface area contributed by atoms with Gasteiger partial charge in [-0.2, -0.15) is 0 Å². The highest BCUT2D eigenvalue weighted by atomic mass is 35.5. The first-order valence-corrected chi connectivity index (χ1v) is 6.82. The van der Waals surface area contributed by atoms with E-state index in [1.165, 1.54) is 11.0 Å². The number of nitrogens with zero attached hydrogens (tertiary/aromatic N) is 1. The molecule has 0 fully saturated rings. The van der Waals surface area contributed by atoms with Crippen LogP contribution in [0.15, 0.2) is 30.3 Å². The molecule has 0 aromatic heterocycles. The lowest BCUT2D eigenvalue weighted by Crippen LogP contribution is -2.35. The summed E-state index contributed by atoms with van der Waals surface area (Å²) < 4.78 is 4.83. The van der Waals surface area contributed by atoms with E-state index >= 15 is 0 Å². The Morgan fingerprint density at radius 3 is 2.45 bits per heavy atom. The summed E-state index contributed by atoms with van der Waals surface area (Å²) in [5.74, 6) is -0.627. The molecule has 0 saturated carbocycles. The first-order chi connectivity index (χ1) is 9.56. The number of carbonyl (C=O) groups excluding carboxylic acids is 2. The van der Waals surface area contributed by atoms with Crippen molar-refractivity contribution in [3.63, 3.8) is 0 Å². The molecule has 0 unspecified atom stereocenters. The molecule has 4 nitrogen and oxygen atoms in total. The van der Waals surface area contributed by atoms with Crippen molar-refractivity contribution in [3.8, 4) is 0 Å². The van der Waals surface area contributed by atoms with E-state index in [-0.39, 0.29) is 12.5 Å². The number of ether oxygens (including phenoxy) is 1. The molecule has 1 aromatic rings. The molecule has 0 aliphatic rings. The molecule has 0 saturated heterocycles. The minimum atomic E-state index is -0.400. The Morgan fingerprint density at radius 1 is 1.25 bits per heavy atom. The Morgan fingerprint density at radius 2 is 1.90 bits per heavy atom. The highest BCUT2D eigenvalue weighted by Gasteiger charge is 2.13. The molecule has 0 aliphatic heterocycles. The van der Waals surface area contributed by atoms with E-state index < -0.39 is 5.97 Å². The fraction of sp³-hybridized carbons (Fsp3) is 0.333. The van der Waals surface area contributed by atoms with Crippen molar-refractivity contribution in [3.05, 3.63) is 40.9 Å². The van der Waals surface area contributed by atoms with E-state index in [9.17, 15) is 9.59 Å². The number of rotatable bonds is 6. The molecule has 0 aliphatic carbocycles. The van der Waals surface area contributed by atoms with Gasteiger partial charge in [0, 0.05) is 17.6 Å². The normalized spacial score (nSPS) is 10.6. The average molecular weight is 296 g/mol. The fourth-order valence-corrected chi connectivity index (χ4v) is 1.68. The van der Waals surface area contributed by atoms with E-state index in [2.05, 4.69) is 0 Å². The topological polar surface area (TPSA) is 46.6 Å². The molecule has 5 heteroatoms. The molecule has 0 bridgehead atoms. The van der Waals surface area contributed by atoms with Crippen LogP contribution >= 0.6 is 11.6 Å². The molecule has 0 atom stereocenters. The average Bonchev–Trinajstić information content (AvgIpc) is 2.44. The predicted octanol–water partition coefficient (Wildman–Crippen LogP) is 2.76. The third-order valence-corrected chi connectivity index (χ3v) is 2.86. The van der Waals surface area contributed by atoms with Gasteiger partial charge in [-0.25, -0.2) is 0 Å². The quantitative estimate of drug-likeness (QED) is 0.599. The Labute approximate surface area is 124 Å². The number of hydrogen-bond donors (Lipinski definition) is 0. The SMILES string of the molecule is CCOC(=O)CN(CC)C(=O)/C=C/c1ccc(Cl)cc1. The summed E-state index contributed by atoms with van der Waals surface area (Å²) in [7, 11) is 0. The van der Waals surface area contributed by atoms with Crippen LogP contribution in [-0.4, -0.2) is 36.5 Å². The zero-order chi connectivity index (χ0) is 15.0. The van der Waals surface area contributed by atoms with E-state index in [0.717, 1.165) is 5.56 Å². The molecular formula is C15H18ClNO3. The van der Waals surface area contributed by atoms with Crippen LogP contribution in [0.25, 0.3) is 6.08 Å². The van der Waals surface area contributed by atoms with Gasteiger partial charge < -0.3 is 9.64 Å². The lowest BCUT2D eigenvalue weighted by Gasteiger charge is -2.17. The molecule has 108 valence electrons. The second-order valence-electron chi connectivity index (χ2n) is 4.04. The van der Waals surface area contributed by atoms with Crippen molar-refractivity contribution in [1.82, 2.24) is 4.90 Å². The van der Waals surface area contributed by atoms with Gasteiger partial charge in [-0.3, -0.25) is 9.59 Å². The first-order valence-electron chi connectivity index (χ1n) is 6.45. The van der Waals surface area contributed by atoms with Crippen molar-refractivity contribution < 1.29 is 14.3 Å². The summed E-state index contributed by atoms with van der Waals surface area (Å²) in [6.45, 7) is 4.27. The van der Waals surface area contributed by atoms with Crippen LogP contribution in [0.5, 0.6) is 0 Å². The third kappa shape index (κ3) is 5.45. The predicted molar refractivity (Wildman–Crippen MR) is 79.4 cm³/mol. The number of hydrogen-bond acceptors (Lipinski definition) is 3. The van der Waals surface area contributed by atoms with Crippen LogP contribution in [0.1, 0.15) is 19.4 Å². The second-order valence-corrected chi connectivity index (χ2v) is 4.48. The fourth-order valence-electron chi connectivity index (χ4n) is 1.55. The highest BCUT2D eigenvalue weighted by Crippen LogP contribution is 2.10. The van der Waals surface area contributed by atoms with Crippen molar-refractivity contribution in [2.75, 3.05) is 19.7 Å². The van der Waals surface area contributed by atoms with Gasteiger partial charge in [0.05, 0.1) is 6.61 Å². The molecule has 20 heavy (non-hydrogen) atoms. The standard InChI is InChI=1S/C15H18ClNO3/c1-3-17(11-15(19)20-4-2)14(18)10-7-12-5-8-13(16)9-6-12/h5-10H,3-4,11H2,1-2H3/b10-7+. The van der Waals surface area contributed by atoms with Crippen LogP contribution in [0, 0.1) is 0 Å². The molecule has 1 aromatic carbocycles. The van der Waals surface area contributed by atoms with Gasteiger partial charge >= 0.3 is 5.97 Å². The van der Waals surface area contributed by atoms with Gasteiger partial charge in [-0.15, -0.1) is 0 Å². The molecule has 0 radical (unpaired) electrons. The van der Waals surface area contributed by atoms with Crippen molar-refractivity contribution in [2.24, 2.45) is 0 Å². The third-order valence-electron chi connectivity index (χ3n) is 2.61. The van der Waals surface area contributed by atoms with Gasteiger partial charge in [0.2, 0.25) is 5.91 Å². The Kier molecular flexibility index (Phi) is 6.81.